The van der Waals surface area contributed by atoms with Crippen molar-refractivity contribution in [3.63, 3.8) is 0 Å². The van der Waals surface area contributed by atoms with E-state index in [1.807, 2.05) is 0 Å². The maximum Gasteiger partial charge on any atom is 0.257 e. The number of aromatic nitrogens is 1. The van der Waals surface area contributed by atoms with E-state index in [9.17, 15) is 18.8 Å². The van der Waals surface area contributed by atoms with Crippen LogP contribution < -0.4 is 16.4 Å². The van der Waals surface area contributed by atoms with Crippen molar-refractivity contribution in [3.8, 4) is 0 Å². The van der Waals surface area contributed by atoms with Gasteiger partial charge in [0.15, 0.2) is 5.13 Å². The third-order valence-electron chi connectivity index (χ3n) is 3.94. The van der Waals surface area contributed by atoms with Gasteiger partial charge in [0.2, 0.25) is 11.8 Å². The molecular formula is C20H17FN4O3S. The van der Waals surface area contributed by atoms with Crippen LogP contribution in [0.4, 0.5) is 15.2 Å². The van der Waals surface area contributed by atoms with E-state index < -0.39 is 11.7 Å². The summed E-state index contributed by atoms with van der Waals surface area (Å²) in [5.74, 6) is -1.54. The van der Waals surface area contributed by atoms with Crippen LogP contribution in [0, 0.1) is 5.82 Å². The molecule has 1 aromatic heterocycles. The van der Waals surface area contributed by atoms with Crippen molar-refractivity contribution >= 4 is 39.9 Å². The van der Waals surface area contributed by atoms with Gasteiger partial charge in [-0.15, -0.1) is 11.3 Å². The third-order valence-corrected chi connectivity index (χ3v) is 4.75. The number of benzene rings is 2. The number of rotatable bonds is 7. The van der Waals surface area contributed by atoms with Gasteiger partial charge in [-0.2, -0.15) is 0 Å². The first kappa shape index (κ1) is 20.2. The minimum absolute atomic E-state index is 0.201. The summed E-state index contributed by atoms with van der Waals surface area (Å²) in [6.07, 6.45) is 0.598. The summed E-state index contributed by atoms with van der Waals surface area (Å²) in [5, 5.41) is 7.53. The molecule has 148 valence electrons. The smallest absolute Gasteiger partial charge is 0.257 e. The third kappa shape index (κ3) is 5.69. The number of thiazole rings is 1. The molecule has 0 saturated carbocycles. The van der Waals surface area contributed by atoms with Gasteiger partial charge in [0.05, 0.1) is 5.69 Å². The van der Waals surface area contributed by atoms with E-state index >= 15 is 0 Å². The number of carbonyl (C=O) groups excluding carboxylic acids is 3. The fraction of sp³-hybridized carbons (Fsp3) is 0.100. The molecule has 0 aliphatic heterocycles. The van der Waals surface area contributed by atoms with Crippen molar-refractivity contribution in [2.24, 2.45) is 5.73 Å². The summed E-state index contributed by atoms with van der Waals surface area (Å²) < 4.78 is 12.9. The van der Waals surface area contributed by atoms with Crippen LogP contribution >= 0.6 is 11.3 Å². The van der Waals surface area contributed by atoms with Crippen LogP contribution in [-0.2, 0) is 11.2 Å². The molecule has 0 bridgehead atoms. The Morgan fingerprint density at radius 3 is 2.28 bits per heavy atom. The summed E-state index contributed by atoms with van der Waals surface area (Å²) in [6.45, 7) is 0. The molecule has 3 amide bonds. The Bertz CT molecular complexity index is 1030. The molecule has 0 atom stereocenters. The standard InChI is InChI=1S/C20H17FN4O3S/c21-14-5-1-13(2-6-14)19(28)25-20-24-16(11-29-20)9-10-17(26)23-15-7-3-12(4-8-15)18(22)27/h1-8,11H,9-10H2,(H2,22,27)(H,23,26)(H,24,25,28). The molecule has 3 rings (SSSR count). The number of primary amides is 1. The molecule has 29 heavy (non-hydrogen) atoms. The van der Waals surface area contributed by atoms with Crippen molar-refractivity contribution in [1.82, 2.24) is 4.98 Å². The Morgan fingerprint density at radius 2 is 1.62 bits per heavy atom. The summed E-state index contributed by atoms with van der Waals surface area (Å²) in [4.78, 5) is 39.5. The highest BCUT2D eigenvalue weighted by Gasteiger charge is 2.11. The molecule has 3 aromatic rings. The molecule has 2 aromatic carbocycles. The molecule has 9 heteroatoms. The normalized spacial score (nSPS) is 10.4. The first-order valence-corrected chi connectivity index (χ1v) is 9.50. The van der Waals surface area contributed by atoms with Gasteiger partial charge in [-0.1, -0.05) is 0 Å². The topological polar surface area (TPSA) is 114 Å². The lowest BCUT2D eigenvalue weighted by atomic mass is 10.2. The second kappa shape index (κ2) is 9.07. The molecule has 0 fully saturated rings. The number of hydrogen-bond acceptors (Lipinski definition) is 5. The van der Waals surface area contributed by atoms with Gasteiger partial charge in [0.25, 0.3) is 5.91 Å². The first-order chi connectivity index (χ1) is 13.9. The minimum atomic E-state index is -0.534. The quantitative estimate of drug-likeness (QED) is 0.553. The SMILES string of the molecule is NC(=O)c1ccc(NC(=O)CCc2csc(NC(=O)c3ccc(F)cc3)n2)cc1. The van der Waals surface area contributed by atoms with Crippen molar-refractivity contribution in [2.45, 2.75) is 12.8 Å². The second-order valence-corrected chi connectivity index (χ2v) is 6.95. The number of amides is 3. The Morgan fingerprint density at radius 1 is 0.966 bits per heavy atom. The van der Waals surface area contributed by atoms with E-state index in [0.29, 0.717) is 34.1 Å². The fourth-order valence-corrected chi connectivity index (χ4v) is 3.17. The van der Waals surface area contributed by atoms with Crippen molar-refractivity contribution in [2.75, 3.05) is 10.6 Å². The summed E-state index contributed by atoms with van der Waals surface area (Å²) in [5.41, 5.74) is 7.09. The highest BCUT2D eigenvalue weighted by atomic mass is 32.1. The highest BCUT2D eigenvalue weighted by molar-refractivity contribution is 7.14. The van der Waals surface area contributed by atoms with Crippen LogP contribution in [0.15, 0.2) is 53.9 Å². The zero-order valence-corrected chi connectivity index (χ0v) is 16.0. The lowest BCUT2D eigenvalue weighted by Gasteiger charge is -2.05. The maximum absolute atomic E-state index is 12.9. The molecule has 0 aliphatic carbocycles. The zero-order valence-electron chi connectivity index (χ0n) is 15.1. The average molecular weight is 412 g/mol. The van der Waals surface area contributed by atoms with Gasteiger partial charge in [0.1, 0.15) is 5.82 Å². The number of halogens is 1. The molecular weight excluding hydrogens is 395 g/mol. The number of aryl methyl sites for hydroxylation is 1. The lowest BCUT2D eigenvalue weighted by Crippen LogP contribution is -2.14. The van der Waals surface area contributed by atoms with E-state index in [1.54, 1.807) is 17.5 Å². The maximum atomic E-state index is 12.9. The van der Waals surface area contributed by atoms with Crippen LogP contribution in [0.2, 0.25) is 0 Å². The Balaban J connectivity index is 1.49. The number of hydrogen-bond donors (Lipinski definition) is 3. The number of nitrogens with two attached hydrogens (primary N) is 1. The van der Waals surface area contributed by atoms with Crippen LogP contribution in [-0.4, -0.2) is 22.7 Å². The summed E-state index contributed by atoms with van der Waals surface area (Å²) in [7, 11) is 0. The van der Waals surface area contributed by atoms with E-state index in [-0.39, 0.29) is 18.2 Å². The summed E-state index contributed by atoms with van der Waals surface area (Å²) >= 11 is 1.24. The number of nitrogens with zero attached hydrogens (tertiary/aromatic N) is 1. The van der Waals surface area contributed by atoms with Crippen LogP contribution in [0.3, 0.4) is 0 Å². The first-order valence-electron chi connectivity index (χ1n) is 8.62. The minimum Gasteiger partial charge on any atom is -0.366 e. The van der Waals surface area contributed by atoms with E-state index in [1.165, 1.54) is 47.7 Å². The molecule has 7 nitrogen and oxygen atoms in total. The van der Waals surface area contributed by atoms with Gasteiger partial charge in [-0.05, 0) is 55.0 Å². The molecule has 0 unspecified atom stereocenters. The monoisotopic (exact) mass is 412 g/mol. The second-order valence-electron chi connectivity index (χ2n) is 6.09. The molecule has 0 aliphatic rings. The Kier molecular flexibility index (Phi) is 6.30. The predicted octanol–water partition coefficient (Wildman–Crippen LogP) is 3.20. The Labute approximate surface area is 169 Å². The van der Waals surface area contributed by atoms with Gasteiger partial charge in [-0.3, -0.25) is 19.7 Å². The van der Waals surface area contributed by atoms with Crippen LogP contribution in [0.1, 0.15) is 32.8 Å². The average Bonchev–Trinajstić information content (AvgIpc) is 3.14. The van der Waals surface area contributed by atoms with Crippen molar-refractivity contribution in [3.05, 3.63) is 76.5 Å². The van der Waals surface area contributed by atoms with E-state index in [2.05, 4.69) is 15.6 Å². The largest absolute Gasteiger partial charge is 0.366 e. The fourth-order valence-electron chi connectivity index (χ4n) is 2.43. The lowest BCUT2D eigenvalue weighted by molar-refractivity contribution is -0.116. The van der Waals surface area contributed by atoms with E-state index in [4.69, 9.17) is 5.73 Å². The molecule has 0 radical (unpaired) electrons. The highest BCUT2D eigenvalue weighted by Crippen LogP contribution is 2.18. The van der Waals surface area contributed by atoms with E-state index in [0.717, 1.165) is 0 Å². The molecule has 1 heterocycles. The predicted molar refractivity (Wildman–Crippen MR) is 108 cm³/mol. The van der Waals surface area contributed by atoms with Crippen LogP contribution in [0.5, 0.6) is 0 Å². The molecule has 4 N–H and O–H groups in total. The van der Waals surface area contributed by atoms with Gasteiger partial charge < -0.3 is 11.1 Å². The number of carbonyl (C=O) groups is 3. The number of nitrogens with one attached hydrogen (secondary N) is 2. The molecule has 0 saturated heterocycles. The molecule has 0 spiro atoms. The van der Waals surface area contributed by atoms with Crippen LogP contribution in [0.25, 0.3) is 0 Å². The van der Waals surface area contributed by atoms with Gasteiger partial charge in [0, 0.05) is 28.6 Å². The summed E-state index contributed by atoms with van der Waals surface area (Å²) in [6, 6.07) is 11.5. The zero-order chi connectivity index (χ0) is 20.8. The van der Waals surface area contributed by atoms with Gasteiger partial charge in [-0.25, -0.2) is 9.37 Å². The number of anilines is 2. The van der Waals surface area contributed by atoms with Crippen molar-refractivity contribution in [1.29, 1.82) is 0 Å². The van der Waals surface area contributed by atoms with Crippen molar-refractivity contribution < 1.29 is 18.8 Å². The van der Waals surface area contributed by atoms with Gasteiger partial charge >= 0.3 is 0 Å². The Hall–Kier alpha value is -3.59.